The van der Waals surface area contributed by atoms with Crippen LogP contribution in [-0.4, -0.2) is 36.9 Å². The summed E-state index contributed by atoms with van der Waals surface area (Å²) >= 11 is 0. The Labute approximate surface area is 169 Å². The van der Waals surface area contributed by atoms with Gasteiger partial charge in [0.05, 0.1) is 6.42 Å². The second-order valence-electron chi connectivity index (χ2n) is 7.26. The first kappa shape index (κ1) is 19.0. The molecule has 1 aromatic heterocycles. The van der Waals surface area contributed by atoms with Gasteiger partial charge in [-0.25, -0.2) is 0 Å². The van der Waals surface area contributed by atoms with Crippen LogP contribution in [0.3, 0.4) is 0 Å². The van der Waals surface area contributed by atoms with Gasteiger partial charge in [0.15, 0.2) is 5.58 Å². The first-order chi connectivity index (χ1) is 14.1. The van der Waals surface area contributed by atoms with Crippen molar-refractivity contribution in [2.45, 2.75) is 19.3 Å². The van der Waals surface area contributed by atoms with Gasteiger partial charge in [0.1, 0.15) is 5.52 Å². The number of carbonyl (C=O) groups is 2. The third-order valence-electron chi connectivity index (χ3n) is 5.28. The number of amides is 2. The van der Waals surface area contributed by atoms with Crippen molar-refractivity contribution in [1.29, 1.82) is 0 Å². The van der Waals surface area contributed by atoms with Crippen LogP contribution in [0.2, 0.25) is 0 Å². The molecule has 7 heteroatoms. The first-order valence-electron chi connectivity index (χ1n) is 9.83. The van der Waals surface area contributed by atoms with E-state index in [-0.39, 0.29) is 17.7 Å². The molecule has 0 spiro atoms. The third kappa shape index (κ3) is 4.39. The standard InChI is InChI=1S/C22H24N4O3/c1-23-20(27)14-15-6-8-17(9-7-15)24-21(28)16-10-12-26(13-11-16)22-25-18-4-2-3-5-19(18)29-22/h2-9,16H,10-14H2,1H3,(H,23,27)(H,24,28). The third-order valence-corrected chi connectivity index (χ3v) is 5.28. The molecule has 2 aromatic carbocycles. The second-order valence-corrected chi connectivity index (χ2v) is 7.26. The fourth-order valence-electron chi connectivity index (χ4n) is 3.55. The highest BCUT2D eigenvalue weighted by Crippen LogP contribution is 2.27. The molecule has 1 aliphatic heterocycles. The highest BCUT2D eigenvalue weighted by molar-refractivity contribution is 5.92. The summed E-state index contributed by atoms with van der Waals surface area (Å²) in [6.07, 6.45) is 1.83. The van der Waals surface area contributed by atoms with E-state index in [1.165, 1.54) is 0 Å². The van der Waals surface area contributed by atoms with Crippen LogP contribution in [0, 0.1) is 5.92 Å². The molecule has 1 aliphatic rings. The number of fused-ring (bicyclic) bond motifs is 1. The van der Waals surface area contributed by atoms with Crippen LogP contribution in [0.25, 0.3) is 11.1 Å². The molecule has 2 N–H and O–H groups in total. The van der Waals surface area contributed by atoms with E-state index in [1.807, 2.05) is 48.5 Å². The SMILES string of the molecule is CNC(=O)Cc1ccc(NC(=O)C2CCN(c3nc4ccccc4o3)CC2)cc1. The van der Waals surface area contributed by atoms with Crippen molar-refractivity contribution in [2.75, 3.05) is 30.4 Å². The zero-order chi connectivity index (χ0) is 20.2. The number of aromatic nitrogens is 1. The van der Waals surface area contributed by atoms with Gasteiger partial charge in [0.2, 0.25) is 11.8 Å². The topological polar surface area (TPSA) is 87.5 Å². The summed E-state index contributed by atoms with van der Waals surface area (Å²) in [6, 6.07) is 15.7. The van der Waals surface area contributed by atoms with Gasteiger partial charge in [-0.05, 0) is 42.7 Å². The number of hydrogen-bond donors (Lipinski definition) is 2. The van der Waals surface area contributed by atoms with E-state index < -0.39 is 0 Å². The molecular weight excluding hydrogens is 368 g/mol. The zero-order valence-corrected chi connectivity index (χ0v) is 16.4. The van der Waals surface area contributed by atoms with Gasteiger partial charge in [0, 0.05) is 31.7 Å². The Morgan fingerprint density at radius 3 is 2.52 bits per heavy atom. The molecule has 4 rings (SSSR count). The quantitative estimate of drug-likeness (QED) is 0.697. The number of benzene rings is 2. The Kier molecular flexibility index (Phi) is 5.46. The van der Waals surface area contributed by atoms with Crippen molar-refractivity contribution in [3.8, 4) is 0 Å². The minimum Gasteiger partial charge on any atom is -0.423 e. The molecule has 0 saturated carbocycles. The average molecular weight is 392 g/mol. The highest BCUT2D eigenvalue weighted by atomic mass is 16.4. The summed E-state index contributed by atoms with van der Waals surface area (Å²) in [6.45, 7) is 1.46. The Morgan fingerprint density at radius 1 is 1.10 bits per heavy atom. The van der Waals surface area contributed by atoms with Gasteiger partial charge in [-0.3, -0.25) is 9.59 Å². The van der Waals surface area contributed by atoms with Crippen molar-refractivity contribution in [3.05, 3.63) is 54.1 Å². The van der Waals surface area contributed by atoms with Gasteiger partial charge in [-0.15, -0.1) is 0 Å². The maximum absolute atomic E-state index is 12.6. The molecule has 3 aromatic rings. The fraction of sp³-hybridized carbons (Fsp3) is 0.318. The zero-order valence-electron chi connectivity index (χ0n) is 16.4. The Morgan fingerprint density at radius 2 is 1.83 bits per heavy atom. The average Bonchev–Trinajstić information content (AvgIpc) is 3.19. The lowest BCUT2D eigenvalue weighted by Crippen LogP contribution is -2.38. The molecule has 0 aliphatic carbocycles. The molecule has 7 nitrogen and oxygen atoms in total. The van der Waals surface area contributed by atoms with E-state index in [1.54, 1.807) is 7.05 Å². The minimum absolute atomic E-state index is 0.0290. The van der Waals surface area contributed by atoms with Gasteiger partial charge >= 0.3 is 0 Å². The molecule has 1 fully saturated rings. The summed E-state index contributed by atoms with van der Waals surface area (Å²) in [7, 11) is 1.62. The highest BCUT2D eigenvalue weighted by Gasteiger charge is 2.27. The van der Waals surface area contributed by atoms with E-state index >= 15 is 0 Å². The van der Waals surface area contributed by atoms with E-state index in [2.05, 4.69) is 20.5 Å². The van der Waals surface area contributed by atoms with Gasteiger partial charge < -0.3 is 20.0 Å². The maximum atomic E-state index is 12.6. The number of para-hydroxylation sites is 2. The van der Waals surface area contributed by atoms with Gasteiger partial charge in [-0.1, -0.05) is 24.3 Å². The van der Waals surface area contributed by atoms with E-state index in [0.717, 1.165) is 48.3 Å². The Bertz CT molecular complexity index is 971. The molecular formula is C22H24N4O3. The number of nitrogens with zero attached hydrogens (tertiary/aromatic N) is 2. The smallest absolute Gasteiger partial charge is 0.298 e. The molecule has 29 heavy (non-hydrogen) atoms. The van der Waals surface area contributed by atoms with Crippen molar-refractivity contribution in [1.82, 2.24) is 10.3 Å². The predicted molar refractivity (Wildman–Crippen MR) is 112 cm³/mol. The molecule has 2 amide bonds. The summed E-state index contributed by atoms with van der Waals surface area (Å²) in [5.74, 6) is -0.0464. The van der Waals surface area contributed by atoms with Crippen LogP contribution in [0.1, 0.15) is 18.4 Å². The van der Waals surface area contributed by atoms with Crippen LogP contribution in [0.15, 0.2) is 52.9 Å². The van der Waals surface area contributed by atoms with Crippen molar-refractivity contribution in [2.24, 2.45) is 5.92 Å². The molecule has 1 saturated heterocycles. The lowest BCUT2D eigenvalue weighted by Gasteiger charge is -2.30. The monoisotopic (exact) mass is 392 g/mol. The molecule has 150 valence electrons. The van der Waals surface area contributed by atoms with Crippen LogP contribution < -0.4 is 15.5 Å². The van der Waals surface area contributed by atoms with Crippen molar-refractivity contribution < 1.29 is 14.0 Å². The van der Waals surface area contributed by atoms with E-state index in [9.17, 15) is 9.59 Å². The number of rotatable bonds is 5. The molecule has 0 radical (unpaired) electrons. The molecule has 2 heterocycles. The van der Waals surface area contributed by atoms with E-state index in [0.29, 0.717) is 12.4 Å². The van der Waals surface area contributed by atoms with Crippen LogP contribution in [0.5, 0.6) is 0 Å². The number of piperidine rings is 1. The van der Waals surface area contributed by atoms with E-state index in [4.69, 9.17) is 4.42 Å². The second kappa shape index (κ2) is 8.34. The van der Waals surface area contributed by atoms with Gasteiger partial charge in [0.25, 0.3) is 6.01 Å². The number of nitrogens with one attached hydrogen (secondary N) is 2. The predicted octanol–water partition coefficient (Wildman–Crippen LogP) is 2.97. The summed E-state index contributed by atoms with van der Waals surface area (Å²) < 4.78 is 5.83. The molecule has 0 atom stereocenters. The van der Waals surface area contributed by atoms with Crippen molar-refractivity contribution in [3.63, 3.8) is 0 Å². The number of likely N-dealkylation sites (N-methyl/N-ethyl adjacent to an activating group) is 1. The lowest BCUT2D eigenvalue weighted by atomic mass is 9.96. The van der Waals surface area contributed by atoms with Gasteiger partial charge in [-0.2, -0.15) is 4.98 Å². The van der Waals surface area contributed by atoms with Crippen LogP contribution in [0.4, 0.5) is 11.7 Å². The summed E-state index contributed by atoms with van der Waals surface area (Å²) in [5.41, 5.74) is 3.29. The Balaban J connectivity index is 1.31. The van der Waals surface area contributed by atoms with Crippen LogP contribution in [-0.2, 0) is 16.0 Å². The maximum Gasteiger partial charge on any atom is 0.298 e. The fourth-order valence-corrected chi connectivity index (χ4v) is 3.55. The summed E-state index contributed by atoms with van der Waals surface area (Å²) in [5, 5.41) is 5.59. The molecule has 0 unspecified atom stereocenters. The lowest BCUT2D eigenvalue weighted by molar-refractivity contribution is -0.121. The number of anilines is 2. The van der Waals surface area contributed by atoms with Crippen molar-refractivity contribution >= 4 is 34.6 Å². The largest absolute Gasteiger partial charge is 0.423 e. The number of carbonyl (C=O) groups excluding carboxylic acids is 2. The number of oxazole rings is 1. The van der Waals surface area contributed by atoms with Crippen LogP contribution >= 0.6 is 0 Å². The minimum atomic E-state index is -0.0406. The molecule has 0 bridgehead atoms. The first-order valence-corrected chi connectivity index (χ1v) is 9.83. The summed E-state index contributed by atoms with van der Waals surface area (Å²) in [4.78, 5) is 30.7. The number of hydrogen-bond acceptors (Lipinski definition) is 5. The normalized spacial score (nSPS) is 14.7. The Hall–Kier alpha value is -3.35.